The molecule has 1 saturated carbocycles. The van der Waals surface area contributed by atoms with Crippen LogP contribution in [0.25, 0.3) is 0 Å². The van der Waals surface area contributed by atoms with Crippen molar-refractivity contribution in [2.45, 2.75) is 95.8 Å². The molecule has 6 aliphatic rings. The van der Waals surface area contributed by atoms with E-state index in [1.165, 1.54) is 0 Å². The van der Waals surface area contributed by atoms with E-state index in [1.54, 1.807) is 6.07 Å². The number of nitrogens with one attached hydrogen (secondary N) is 4. The lowest BCUT2D eigenvalue weighted by molar-refractivity contribution is -0.150. The van der Waals surface area contributed by atoms with Crippen LogP contribution in [0.2, 0.25) is 0 Å². The summed E-state index contributed by atoms with van der Waals surface area (Å²) in [7, 11) is 1.88. The largest absolute Gasteiger partial charge is 0.463 e. The number of Topliss-reactive ketones (excluding diaryl/α,β-unsaturated/α-hetero) is 2. The molecule has 5 N–H and O–H groups in total. The lowest BCUT2D eigenvalue weighted by Crippen LogP contribution is -2.52. The molecule has 7 rings (SSSR count). The third kappa shape index (κ3) is 7.65. The van der Waals surface area contributed by atoms with Gasteiger partial charge in [0.05, 0.1) is 19.9 Å². The van der Waals surface area contributed by atoms with E-state index in [0.29, 0.717) is 43.5 Å². The Morgan fingerprint density at radius 3 is 2.77 bits per heavy atom. The third-order valence-corrected chi connectivity index (χ3v) is 13.2. The lowest BCUT2D eigenvalue weighted by atomic mass is 9.67. The molecule has 1 saturated heterocycles. The maximum absolute atomic E-state index is 15.1. The third-order valence-electron chi connectivity index (χ3n) is 13.2. The molecule has 10 nitrogen and oxygen atoms in total. The second-order valence-electron chi connectivity index (χ2n) is 17.0. The summed E-state index contributed by atoms with van der Waals surface area (Å²) >= 11 is 0. The molecule has 0 bridgehead atoms. The number of esters is 1. The minimum atomic E-state index is -2.12. The Balaban J connectivity index is 1.18. The highest BCUT2D eigenvalue weighted by Crippen LogP contribution is 2.60. The van der Waals surface area contributed by atoms with Crippen LogP contribution in [-0.2, 0) is 20.7 Å². The number of hydrogen-bond donors (Lipinski definition) is 5. The monoisotopic (exact) mass is 764 g/mol. The van der Waals surface area contributed by atoms with Crippen LogP contribution in [0.5, 0.6) is 0 Å². The Bertz CT molecular complexity index is 1890. The fraction of sp³-hybridized carbons (Fsp3) is 0.543. The van der Waals surface area contributed by atoms with Gasteiger partial charge in [-0.05, 0) is 112 Å². The second-order valence-corrected chi connectivity index (χ2v) is 17.0. The van der Waals surface area contributed by atoms with E-state index in [9.17, 15) is 14.7 Å². The molecule has 0 amide bonds. The highest BCUT2D eigenvalue weighted by atomic mass is 16.7. The topological polar surface area (TPSA) is 141 Å². The van der Waals surface area contributed by atoms with Crippen molar-refractivity contribution in [1.29, 1.82) is 0 Å². The first-order chi connectivity index (χ1) is 27.1. The molecule has 2 fully saturated rings. The molecule has 300 valence electrons. The zero-order valence-corrected chi connectivity index (χ0v) is 33.5. The number of hydrogen-bond acceptors (Lipinski definition) is 10. The average molecular weight is 765 g/mol. The zero-order chi connectivity index (χ0) is 39.5. The van der Waals surface area contributed by atoms with Gasteiger partial charge in [0.2, 0.25) is 5.78 Å². The van der Waals surface area contributed by atoms with Gasteiger partial charge in [-0.3, -0.25) is 9.59 Å². The van der Waals surface area contributed by atoms with Gasteiger partial charge in [0.15, 0.2) is 11.4 Å². The van der Waals surface area contributed by atoms with Gasteiger partial charge in [-0.15, -0.1) is 0 Å². The highest BCUT2D eigenvalue weighted by Gasteiger charge is 2.85. The number of dihydropyridines is 1. The minimum Gasteiger partial charge on any atom is -0.463 e. The Labute approximate surface area is 332 Å². The fourth-order valence-electron chi connectivity index (χ4n) is 9.89. The normalized spacial score (nSPS) is 31.9. The number of aliphatic hydroxyl groups excluding tert-OH is 1. The number of epoxide rings is 1. The summed E-state index contributed by atoms with van der Waals surface area (Å²) < 4.78 is 12.6. The van der Waals surface area contributed by atoms with Gasteiger partial charge in [-0.1, -0.05) is 80.2 Å². The van der Waals surface area contributed by atoms with Gasteiger partial charge < -0.3 is 35.8 Å². The van der Waals surface area contributed by atoms with E-state index < -0.39 is 28.7 Å². The van der Waals surface area contributed by atoms with Crippen LogP contribution in [0.15, 0.2) is 89.3 Å². The number of ether oxygens (including phenoxy) is 2. The van der Waals surface area contributed by atoms with Crippen molar-refractivity contribution in [3.8, 4) is 0 Å². The molecule has 0 aromatic heterocycles. The summed E-state index contributed by atoms with van der Waals surface area (Å²) in [5.74, 6) is 0.318. The number of aliphatic hydroxyl groups is 1. The fourth-order valence-corrected chi connectivity index (χ4v) is 9.89. The predicted molar refractivity (Wildman–Crippen MR) is 218 cm³/mol. The Kier molecular flexibility index (Phi) is 12.0. The maximum atomic E-state index is 15.1. The minimum absolute atomic E-state index is 0.0713. The smallest absolute Gasteiger partial charge is 0.350 e. The first kappa shape index (κ1) is 40.1. The van der Waals surface area contributed by atoms with Crippen LogP contribution < -0.4 is 21.3 Å². The number of carbonyl (C=O) groups is 3. The molecule has 0 unspecified atom stereocenters. The van der Waals surface area contributed by atoms with Gasteiger partial charge in [0.1, 0.15) is 5.82 Å². The van der Waals surface area contributed by atoms with Crippen LogP contribution in [0.3, 0.4) is 0 Å². The van der Waals surface area contributed by atoms with Gasteiger partial charge >= 0.3 is 5.97 Å². The van der Waals surface area contributed by atoms with Crippen molar-refractivity contribution in [3.05, 3.63) is 106 Å². The standard InChI is InChI=1S/C46H60N4O6/c1-5-48-38-24-33-13-8-7-12-32(33)23-35(38)28-55-43(54)46-42(53)40-34(25-44(3)19-9-6-10-20-44)14-11-15-37(40)41(52)45(46,56-46)26-36(27-51)30(2)16-17-31-18-21-49-39(22-31)50-29-47-4/h6,8-11,13-15,18-19,22,32-33,35,38,47-51H,5,7,12,16-17,20-21,23-29H2,1-4H3/b36-30-/t32-,33-,35+,38-,44-,45+,46+/m1/s1. The Morgan fingerprint density at radius 1 is 1.14 bits per heavy atom. The van der Waals surface area contributed by atoms with Crippen molar-refractivity contribution >= 4 is 17.5 Å². The molecule has 7 atom stereocenters. The van der Waals surface area contributed by atoms with Crippen molar-refractivity contribution in [1.82, 2.24) is 21.3 Å². The molecular formula is C46H60N4O6. The molecule has 2 aliphatic heterocycles. The molecular weight excluding hydrogens is 705 g/mol. The van der Waals surface area contributed by atoms with Crippen LogP contribution in [0, 0.1) is 23.2 Å². The maximum Gasteiger partial charge on any atom is 0.350 e. The molecule has 4 aliphatic carbocycles. The summed E-state index contributed by atoms with van der Waals surface area (Å²) in [6.45, 7) is 8.12. The second kappa shape index (κ2) is 16.8. The average Bonchev–Trinajstić information content (AvgIpc) is 3.91. The van der Waals surface area contributed by atoms with E-state index in [2.05, 4.69) is 71.6 Å². The first-order valence-corrected chi connectivity index (χ1v) is 20.7. The van der Waals surface area contributed by atoms with Crippen LogP contribution in [0.4, 0.5) is 0 Å². The van der Waals surface area contributed by atoms with E-state index in [1.807, 2.05) is 38.3 Å². The summed E-state index contributed by atoms with van der Waals surface area (Å²) in [5, 5.41) is 24.1. The van der Waals surface area contributed by atoms with E-state index in [4.69, 9.17) is 9.47 Å². The van der Waals surface area contributed by atoms with Crippen molar-refractivity contribution < 1.29 is 29.0 Å². The predicted octanol–water partition coefficient (Wildman–Crippen LogP) is 5.77. The van der Waals surface area contributed by atoms with Crippen LogP contribution in [0.1, 0.15) is 98.4 Å². The van der Waals surface area contributed by atoms with Crippen molar-refractivity contribution in [2.24, 2.45) is 23.2 Å². The summed E-state index contributed by atoms with van der Waals surface area (Å²) in [6.07, 6.45) is 23.8. The van der Waals surface area contributed by atoms with E-state index in [-0.39, 0.29) is 48.1 Å². The zero-order valence-electron chi connectivity index (χ0n) is 33.5. The first-order valence-electron chi connectivity index (χ1n) is 20.7. The number of ketones is 2. The van der Waals surface area contributed by atoms with Gasteiger partial charge in [0.25, 0.3) is 5.60 Å². The number of benzene rings is 1. The van der Waals surface area contributed by atoms with Crippen LogP contribution >= 0.6 is 0 Å². The lowest BCUT2D eigenvalue weighted by Gasteiger charge is -2.42. The van der Waals surface area contributed by atoms with Gasteiger partial charge in [0, 0.05) is 36.1 Å². The molecule has 0 radical (unpaired) electrons. The number of allylic oxidation sites excluding steroid dienone is 9. The summed E-state index contributed by atoms with van der Waals surface area (Å²) in [6, 6.07) is 5.55. The van der Waals surface area contributed by atoms with Crippen LogP contribution in [-0.4, -0.2) is 79.9 Å². The number of rotatable bonds is 16. The van der Waals surface area contributed by atoms with Crippen molar-refractivity contribution in [2.75, 3.05) is 40.0 Å². The summed E-state index contributed by atoms with van der Waals surface area (Å²) in [4.78, 5) is 44.7. The quantitative estimate of drug-likeness (QED) is 0.0464. The molecule has 2 heterocycles. The molecule has 1 aromatic rings. The van der Waals surface area contributed by atoms with Crippen molar-refractivity contribution in [3.63, 3.8) is 0 Å². The molecule has 0 spiro atoms. The molecule has 10 heteroatoms. The Hall–Kier alpha value is -4.09. The van der Waals surface area contributed by atoms with E-state index >= 15 is 4.79 Å². The SMILES string of the molecule is CCN[C@@H]1C[C@H]2C=CCC[C@@H]2C[C@H]1COC(=O)[C@]12O[C@@]1(C/C(CO)=C(\C)CCC1=CCNC(NCNC)=C1)C(=O)c1cccc(C[C@]3(C)C=CC=CC3)c1C2=O. The number of fused-ring (bicyclic) bond motifs is 3. The molecule has 1 aromatic carbocycles. The number of carbonyl (C=O) groups excluding carboxylic acids is 3. The summed E-state index contributed by atoms with van der Waals surface area (Å²) in [5.41, 5.74) is -0.302. The Morgan fingerprint density at radius 2 is 2.00 bits per heavy atom. The van der Waals surface area contributed by atoms with E-state index in [0.717, 1.165) is 67.6 Å². The molecule has 56 heavy (non-hydrogen) atoms. The highest BCUT2D eigenvalue weighted by molar-refractivity contribution is 6.33. The van der Waals surface area contributed by atoms with Gasteiger partial charge in [-0.2, -0.15) is 0 Å². The van der Waals surface area contributed by atoms with Gasteiger partial charge in [-0.25, -0.2) is 4.79 Å².